The van der Waals surface area contributed by atoms with Gasteiger partial charge in [-0.25, -0.2) is 4.68 Å². The summed E-state index contributed by atoms with van der Waals surface area (Å²) < 4.78 is 17.9. The van der Waals surface area contributed by atoms with Crippen LogP contribution in [0.4, 0.5) is 0 Å². The van der Waals surface area contributed by atoms with E-state index in [1.54, 1.807) is 50.4 Å². The number of aromatic hydroxyl groups is 1. The van der Waals surface area contributed by atoms with Crippen LogP contribution in [0, 0.1) is 0 Å². The largest absolute Gasteiger partial charge is 0.507 e. The molecule has 1 aromatic heterocycles. The second-order valence-corrected chi connectivity index (χ2v) is 7.56. The number of methoxy groups -OCH3 is 3. The number of rotatable bonds is 8. The Hall–Kier alpha value is -3.52. The van der Waals surface area contributed by atoms with Crippen LogP contribution >= 0.6 is 11.3 Å². The molecule has 8 heteroatoms. The molecule has 31 heavy (non-hydrogen) atoms. The zero-order valence-corrected chi connectivity index (χ0v) is 18.8. The molecule has 1 heterocycles. The van der Waals surface area contributed by atoms with E-state index in [1.807, 2.05) is 30.5 Å². The molecule has 162 valence electrons. The molecule has 3 aromatic rings. The van der Waals surface area contributed by atoms with Gasteiger partial charge in [0.25, 0.3) is 0 Å². The SMILES string of the molecule is C=C(C)CN=c1scc(-c2cc(OC)ccc2OC)n1N=Cc1cc(OC)ccc1O. The van der Waals surface area contributed by atoms with Gasteiger partial charge in [0.1, 0.15) is 23.0 Å². The summed E-state index contributed by atoms with van der Waals surface area (Å²) in [5.41, 5.74) is 3.05. The zero-order valence-electron chi connectivity index (χ0n) is 18.0. The van der Waals surface area contributed by atoms with E-state index in [0.29, 0.717) is 34.2 Å². The van der Waals surface area contributed by atoms with E-state index in [-0.39, 0.29) is 5.75 Å². The number of aromatic nitrogens is 1. The van der Waals surface area contributed by atoms with Crippen molar-refractivity contribution < 1.29 is 19.3 Å². The van der Waals surface area contributed by atoms with Crippen LogP contribution in [-0.2, 0) is 0 Å². The topological polar surface area (TPSA) is 77.6 Å². The number of phenols is 1. The van der Waals surface area contributed by atoms with Gasteiger partial charge in [-0.2, -0.15) is 5.10 Å². The molecule has 0 saturated heterocycles. The quantitative estimate of drug-likeness (QED) is 0.419. The minimum absolute atomic E-state index is 0.0984. The molecule has 2 aromatic carbocycles. The number of ether oxygens (including phenoxy) is 3. The van der Waals surface area contributed by atoms with Crippen LogP contribution in [0.25, 0.3) is 11.3 Å². The highest BCUT2D eigenvalue weighted by Gasteiger charge is 2.14. The van der Waals surface area contributed by atoms with Gasteiger partial charge in [0.15, 0.2) is 0 Å². The summed E-state index contributed by atoms with van der Waals surface area (Å²) in [4.78, 5) is 5.31. The van der Waals surface area contributed by atoms with Crippen LogP contribution in [0.5, 0.6) is 23.0 Å². The Balaban J connectivity index is 2.17. The number of nitrogens with zero attached hydrogens (tertiary/aromatic N) is 3. The van der Waals surface area contributed by atoms with E-state index < -0.39 is 0 Å². The fourth-order valence-corrected chi connectivity index (χ4v) is 3.63. The number of thiazole rings is 1. The van der Waals surface area contributed by atoms with Crippen molar-refractivity contribution in [1.82, 2.24) is 4.68 Å². The van der Waals surface area contributed by atoms with Crippen LogP contribution in [0.1, 0.15) is 12.5 Å². The summed E-state index contributed by atoms with van der Waals surface area (Å²) in [6.07, 6.45) is 1.57. The van der Waals surface area contributed by atoms with E-state index in [1.165, 1.54) is 11.3 Å². The van der Waals surface area contributed by atoms with Gasteiger partial charge in [-0.1, -0.05) is 12.2 Å². The average molecular weight is 440 g/mol. The van der Waals surface area contributed by atoms with Crippen molar-refractivity contribution in [1.29, 1.82) is 0 Å². The molecule has 0 aliphatic rings. The van der Waals surface area contributed by atoms with Crippen molar-refractivity contribution in [3.05, 3.63) is 64.3 Å². The molecule has 0 aliphatic heterocycles. The van der Waals surface area contributed by atoms with Gasteiger partial charge in [-0.05, 0) is 43.3 Å². The maximum atomic E-state index is 10.2. The third-order valence-corrected chi connectivity index (χ3v) is 5.25. The van der Waals surface area contributed by atoms with Crippen LogP contribution in [-0.4, -0.2) is 43.9 Å². The third kappa shape index (κ3) is 5.16. The van der Waals surface area contributed by atoms with Gasteiger partial charge in [-0.15, -0.1) is 11.3 Å². The van der Waals surface area contributed by atoms with E-state index in [0.717, 1.165) is 16.8 Å². The predicted molar refractivity (Wildman–Crippen MR) is 124 cm³/mol. The molecule has 3 rings (SSSR count). The third-order valence-electron chi connectivity index (χ3n) is 4.40. The number of hydrogen-bond donors (Lipinski definition) is 1. The monoisotopic (exact) mass is 439 g/mol. The average Bonchev–Trinajstić information content (AvgIpc) is 3.19. The summed E-state index contributed by atoms with van der Waals surface area (Å²) >= 11 is 1.45. The van der Waals surface area contributed by atoms with E-state index >= 15 is 0 Å². The lowest BCUT2D eigenvalue weighted by Crippen LogP contribution is -2.13. The molecule has 0 atom stereocenters. The fourth-order valence-electron chi connectivity index (χ4n) is 2.80. The van der Waals surface area contributed by atoms with Crippen LogP contribution < -0.4 is 19.0 Å². The first kappa shape index (κ1) is 22.2. The van der Waals surface area contributed by atoms with Crippen LogP contribution in [0.3, 0.4) is 0 Å². The molecule has 0 radical (unpaired) electrons. The first-order chi connectivity index (χ1) is 15.0. The normalized spacial score (nSPS) is 11.7. The Kier molecular flexibility index (Phi) is 7.15. The number of benzene rings is 2. The first-order valence-electron chi connectivity index (χ1n) is 9.46. The van der Waals surface area contributed by atoms with Crippen molar-refractivity contribution in [2.24, 2.45) is 10.1 Å². The molecule has 0 bridgehead atoms. The molecule has 1 N–H and O–H groups in total. The Morgan fingerprint density at radius 1 is 1.10 bits per heavy atom. The van der Waals surface area contributed by atoms with E-state index in [4.69, 9.17) is 14.2 Å². The lowest BCUT2D eigenvalue weighted by atomic mass is 10.1. The minimum atomic E-state index is 0.0984. The lowest BCUT2D eigenvalue weighted by Gasteiger charge is -2.11. The molecule has 7 nitrogen and oxygen atoms in total. The van der Waals surface area contributed by atoms with Crippen molar-refractivity contribution in [2.45, 2.75) is 6.92 Å². The Labute approximate surface area is 185 Å². The zero-order chi connectivity index (χ0) is 22.4. The van der Waals surface area contributed by atoms with Gasteiger partial charge in [0, 0.05) is 16.5 Å². The highest BCUT2D eigenvalue weighted by atomic mass is 32.1. The molecule has 0 saturated carbocycles. The molecule has 0 aliphatic carbocycles. The summed E-state index contributed by atoms with van der Waals surface area (Å²) in [6, 6.07) is 10.5. The van der Waals surface area contributed by atoms with Gasteiger partial charge < -0.3 is 19.3 Å². The predicted octanol–water partition coefficient (Wildman–Crippen LogP) is 4.31. The molecule has 0 unspecified atom stereocenters. The maximum absolute atomic E-state index is 10.2. The maximum Gasteiger partial charge on any atom is 0.206 e. The summed E-state index contributed by atoms with van der Waals surface area (Å²) in [7, 11) is 4.80. The molecular weight excluding hydrogens is 414 g/mol. The Morgan fingerprint density at radius 3 is 2.48 bits per heavy atom. The Morgan fingerprint density at radius 2 is 1.81 bits per heavy atom. The van der Waals surface area contributed by atoms with Gasteiger partial charge in [0.2, 0.25) is 4.80 Å². The summed E-state index contributed by atoms with van der Waals surface area (Å²) in [5, 5.41) is 16.8. The molecule has 0 spiro atoms. The first-order valence-corrected chi connectivity index (χ1v) is 10.3. The van der Waals surface area contributed by atoms with Crippen molar-refractivity contribution in [2.75, 3.05) is 27.9 Å². The summed E-state index contributed by atoms with van der Waals surface area (Å²) in [5.74, 6) is 2.10. The van der Waals surface area contributed by atoms with Crippen molar-refractivity contribution >= 4 is 17.6 Å². The number of hydrogen-bond acceptors (Lipinski definition) is 7. The van der Waals surface area contributed by atoms with Crippen LogP contribution in [0.2, 0.25) is 0 Å². The fraction of sp³-hybridized carbons (Fsp3) is 0.217. The van der Waals surface area contributed by atoms with Gasteiger partial charge >= 0.3 is 0 Å². The van der Waals surface area contributed by atoms with Gasteiger partial charge in [0.05, 0.1) is 39.8 Å². The minimum Gasteiger partial charge on any atom is -0.507 e. The molecule has 0 fully saturated rings. The highest BCUT2D eigenvalue weighted by molar-refractivity contribution is 7.07. The smallest absolute Gasteiger partial charge is 0.206 e. The van der Waals surface area contributed by atoms with E-state index in [9.17, 15) is 5.11 Å². The molecular formula is C23H25N3O4S. The van der Waals surface area contributed by atoms with Crippen molar-refractivity contribution in [3.63, 3.8) is 0 Å². The highest BCUT2D eigenvalue weighted by Crippen LogP contribution is 2.33. The molecule has 0 amide bonds. The number of phenolic OH excluding ortho intramolecular Hbond substituents is 1. The second kappa shape index (κ2) is 9.99. The van der Waals surface area contributed by atoms with Crippen LogP contribution in [0.15, 0.2) is 64.0 Å². The lowest BCUT2D eigenvalue weighted by molar-refractivity contribution is 0.404. The van der Waals surface area contributed by atoms with Crippen molar-refractivity contribution in [3.8, 4) is 34.3 Å². The summed E-state index contributed by atoms with van der Waals surface area (Å²) in [6.45, 7) is 6.32. The van der Waals surface area contributed by atoms with E-state index in [2.05, 4.69) is 16.7 Å². The Bertz CT molecular complexity index is 1180. The standard InChI is InChI=1S/C23H25N3O4S/c1-15(2)12-24-23-26(25-13-16-10-17(28-3)6-8-21(16)27)20(14-31-23)19-11-18(29-4)7-9-22(19)30-5/h6-11,13-14,27H,1,12H2,2-5H3. The van der Waals surface area contributed by atoms with Gasteiger partial charge in [-0.3, -0.25) is 4.99 Å². The second-order valence-electron chi connectivity index (χ2n) is 6.72.